The van der Waals surface area contributed by atoms with Crippen LogP contribution in [-0.4, -0.2) is 13.4 Å². The van der Waals surface area contributed by atoms with Gasteiger partial charge in [-0.1, -0.05) is 12.1 Å². The molecule has 0 spiro atoms. The van der Waals surface area contributed by atoms with E-state index in [4.69, 9.17) is 0 Å². The highest BCUT2D eigenvalue weighted by atomic mass is 32.2. The zero-order valence-corrected chi connectivity index (χ0v) is 14.9. The first-order valence-corrected chi connectivity index (χ1v) is 9.66. The molecule has 0 aliphatic carbocycles. The van der Waals surface area contributed by atoms with E-state index < -0.39 is 10.0 Å². The van der Waals surface area contributed by atoms with E-state index in [0.29, 0.717) is 0 Å². The van der Waals surface area contributed by atoms with Crippen molar-refractivity contribution in [2.75, 3.05) is 10.0 Å². The van der Waals surface area contributed by atoms with Crippen molar-refractivity contribution >= 4 is 38.6 Å². The number of aromatic nitrogens is 1. The molecule has 0 saturated heterocycles. The fourth-order valence-corrected chi connectivity index (χ4v) is 4.35. The molecule has 0 atom stereocenters. The highest BCUT2D eigenvalue weighted by Crippen LogP contribution is 2.22. The average molecular weight is 359 g/mol. The van der Waals surface area contributed by atoms with Crippen LogP contribution in [0.5, 0.6) is 0 Å². The van der Waals surface area contributed by atoms with Crippen LogP contribution in [0.3, 0.4) is 0 Å². The van der Waals surface area contributed by atoms with Gasteiger partial charge in [-0.2, -0.15) is 0 Å². The van der Waals surface area contributed by atoms with Crippen molar-refractivity contribution < 1.29 is 8.42 Å². The number of aryl methyl sites for hydroxylation is 2. The number of hydrogen-bond acceptors (Lipinski definition) is 5. The minimum absolute atomic E-state index is 0.265. The van der Waals surface area contributed by atoms with Gasteiger partial charge in [-0.15, -0.1) is 11.3 Å². The monoisotopic (exact) mass is 359 g/mol. The van der Waals surface area contributed by atoms with Gasteiger partial charge < -0.3 is 5.32 Å². The van der Waals surface area contributed by atoms with Crippen molar-refractivity contribution in [3.05, 3.63) is 65.2 Å². The molecule has 24 heavy (non-hydrogen) atoms. The molecule has 0 amide bonds. The van der Waals surface area contributed by atoms with Gasteiger partial charge in [-0.25, -0.2) is 13.4 Å². The van der Waals surface area contributed by atoms with Crippen molar-refractivity contribution in [2.45, 2.75) is 18.1 Å². The van der Waals surface area contributed by atoms with E-state index in [9.17, 15) is 8.42 Å². The Morgan fingerprint density at radius 1 is 1.00 bits per heavy atom. The SMILES string of the molecule is Cc1cc(C)cc(Nc2ccc(NS(=O)(=O)c3cccs3)nc2)c1. The molecular formula is C17H17N3O2S2. The molecule has 124 valence electrons. The van der Waals surface area contributed by atoms with Gasteiger partial charge in [0.2, 0.25) is 0 Å². The van der Waals surface area contributed by atoms with Crippen molar-refractivity contribution in [3.63, 3.8) is 0 Å². The van der Waals surface area contributed by atoms with E-state index in [-0.39, 0.29) is 10.0 Å². The summed E-state index contributed by atoms with van der Waals surface area (Å²) in [6.45, 7) is 4.08. The van der Waals surface area contributed by atoms with E-state index in [1.165, 1.54) is 22.5 Å². The van der Waals surface area contributed by atoms with Crippen molar-refractivity contribution in [2.24, 2.45) is 0 Å². The van der Waals surface area contributed by atoms with E-state index in [1.54, 1.807) is 35.8 Å². The lowest BCUT2D eigenvalue weighted by molar-refractivity contribution is 0.603. The van der Waals surface area contributed by atoms with Gasteiger partial charge in [0.15, 0.2) is 0 Å². The summed E-state index contributed by atoms with van der Waals surface area (Å²) in [4.78, 5) is 4.17. The Balaban J connectivity index is 1.74. The number of hydrogen-bond donors (Lipinski definition) is 2. The Hall–Kier alpha value is -2.38. The van der Waals surface area contributed by atoms with Crippen LogP contribution in [0.15, 0.2) is 58.3 Å². The molecule has 7 heteroatoms. The van der Waals surface area contributed by atoms with Gasteiger partial charge in [-0.3, -0.25) is 4.72 Å². The van der Waals surface area contributed by atoms with Crippen LogP contribution < -0.4 is 10.0 Å². The molecule has 3 rings (SSSR count). The predicted molar refractivity (Wildman–Crippen MR) is 98.6 cm³/mol. The van der Waals surface area contributed by atoms with Crippen molar-refractivity contribution in [3.8, 4) is 0 Å². The zero-order valence-electron chi connectivity index (χ0n) is 13.3. The van der Waals surface area contributed by atoms with Crippen molar-refractivity contribution in [1.29, 1.82) is 0 Å². The molecule has 0 unspecified atom stereocenters. The lowest BCUT2D eigenvalue weighted by Gasteiger charge is -2.10. The standard InChI is InChI=1S/C17H17N3O2S2/c1-12-8-13(2)10-15(9-12)19-14-5-6-16(18-11-14)20-24(21,22)17-4-3-7-23-17/h3-11,19H,1-2H3,(H,18,20). The predicted octanol–water partition coefficient (Wildman–Crippen LogP) is 4.30. The van der Waals surface area contributed by atoms with E-state index in [2.05, 4.69) is 21.1 Å². The first kappa shape index (κ1) is 16.5. The third kappa shape index (κ3) is 3.93. The minimum atomic E-state index is -3.57. The van der Waals surface area contributed by atoms with Gasteiger partial charge in [-0.05, 0) is 60.7 Å². The molecule has 0 saturated carbocycles. The first-order chi connectivity index (χ1) is 11.4. The van der Waals surface area contributed by atoms with Crippen LogP contribution in [0.4, 0.5) is 17.2 Å². The van der Waals surface area contributed by atoms with Gasteiger partial charge in [0.25, 0.3) is 10.0 Å². The van der Waals surface area contributed by atoms with Gasteiger partial charge in [0.1, 0.15) is 10.0 Å². The summed E-state index contributed by atoms with van der Waals surface area (Å²) in [5.74, 6) is 0.286. The molecule has 2 heterocycles. The third-order valence-corrected chi connectivity index (χ3v) is 6.02. The highest BCUT2D eigenvalue weighted by molar-refractivity contribution is 7.94. The summed E-state index contributed by atoms with van der Waals surface area (Å²) in [6, 6.07) is 12.9. The number of rotatable bonds is 5. The molecule has 2 aromatic heterocycles. The topological polar surface area (TPSA) is 71.1 Å². The van der Waals surface area contributed by atoms with Crippen LogP contribution in [0, 0.1) is 13.8 Å². The third-order valence-electron chi connectivity index (χ3n) is 3.27. The zero-order chi connectivity index (χ0) is 17.2. The molecule has 1 aromatic carbocycles. The van der Waals surface area contributed by atoms with Gasteiger partial charge in [0, 0.05) is 5.69 Å². The fourth-order valence-electron chi connectivity index (χ4n) is 2.35. The van der Waals surface area contributed by atoms with Crippen LogP contribution in [0.25, 0.3) is 0 Å². The molecule has 0 radical (unpaired) electrons. The number of pyridine rings is 1. The maximum absolute atomic E-state index is 12.2. The Bertz CT molecular complexity index is 914. The largest absolute Gasteiger partial charge is 0.354 e. The summed E-state index contributed by atoms with van der Waals surface area (Å²) in [7, 11) is -3.57. The van der Waals surface area contributed by atoms with Gasteiger partial charge in [0.05, 0.1) is 11.9 Å². The molecule has 0 aliphatic heterocycles. The van der Waals surface area contributed by atoms with Crippen LogP contribution in [0.2, 0.25) is 0 Å². The molecule has 0 aliphatic rings. The van der Waals surface area contributed by atoms with E-state index >= 15 is 0 Å². The smallest absolute Gasteiger partial charge is 0.272 e. The first-order valence-electron chi connectivity index (χ1n) is 7.30. The molecule has 2 N–H and O–H groups in total. The Labute approximate surface area is 145 Å². The molecule has 0 bridgehead atoms. The average Bonchev–Trinajstić information content (AvgIpc) is 3.03. The minimum Gasteiger partial charge on any atom is -0.354 e. The number of anilines is 3. The number of benzene rings is 1. The second kappa shape index (κ2) is 6.62. The Morgan fingerprint density at radius 2 is 1.75 bits per heavy atom. The fraction of sp³-hybridized carbons (Fsp3) is 0.118. The maximum Gasteiger partial charge on any atom is 0.272 e. The molecule has 0 fully saturated rings. The molecule has 5 nitrogen and oxygen atoms in total. The van der Waals surface area contributed by atoms with Crippen LogP contribution in [-0.2, 0) is 10.0 Å². The highest BCUT2D eigenvalue weighted by Gasteiger charge is 2.15. The van der Waals surface area contributed by atoms with Crippen LogP contribution in [0.1, 0.15) is 11.1 Å². The van der Waals surface area contributed by atoms with E-state index in [1.807, 2.05) is 26.0 Å². The lowest BCUT2D eigenvalue weighted by atomic mass is 10.1. The van der Waals surface area contributed by atoms with Crippen molar-refractivity contribution in [1.82, 2.24) is 4.98 Å². The van der Waals surface area contributed by atoms with Crippen LogP contribution >= 0.6 is 11.3 Å². The Morgan fingerprint density at radius 3 is 2.33 bits per heavy atom. The Kier molecular flexibility index (Phi) is 4.55. The number of nitrogens with zero attached hydrogens (tertiary/aromatic N) is 1. The van der Waals surface area contributed by atoms with E-state index in [0.717, 1.165) is 11.4 Å². The second-order valence-electron chi connectivity index (χ2n) is 5.47. The quantitative estimate of drug-likeness (QED) is 0.712. The summed E-state index contributed by atoms with van der Waals surface area (Å²) in [6.07, 6.45) is 1.60. The summed E-state index contributed by atoms with van der Waals surface area (Å²) in [5.41, 5.74) is 4.11. The number of sulfonamides is 1. The maximum atomic E-state index is 12.2. The molecular weight excluding hydrogens is 342 g/mol. The van der Waals surface area contributed by atoms with Gasteiger partial charge >= 0.3 is 0 Å². The molecule has 3 aromatic rings. The summed E-state index contributed by atoms with van der Waals surface area (Å²) >= 11 is 1.17. The summed E-state index contributed by atoms with van der Waals surface area (Å²) in [5, 5.41) is 4.99. The summed E-state index contributed by atoms with van der Waals surface area (Å²) < 4.78 is 27.1. The number of nitrogens with one attached hydrogen (secondary N) is 2. The number of thiophene rings is 1. The second-order valence-corrected chi connectivity index (χ2v) is 8.33. The lowest BCUT2D eigenvalue weighted by Crippen LogP contribution is -2.12. The normalized spacial score (nSPS) is 11.2.